The number of carbonyl (C=O) groups excluding carboxylic acids is 2. The van der Waals surface area contributed by atoms with E-state index in [1.807, 2.05) is 0 Å². The van der Waals surface area contributed by atoms with E-state index in [0.29, 0.717) is 16.5 Å². The van der Waals surface area contributed by atoms with Crippen LogP contribution >= 0.6 is 11.6 Å². The van der Waals surface area contributed by atoms with Crippen LogP contribution in [0.5, 0.6) is 5.75 Å². The van der Waals surface area contributed by atoms with Gasteiger partial charge in [-0.05, 0) is 25.1 Å². The van der Waals surface area contributed by atoms with Gasteiger partial charge in [-0.2, -0.15) is 0 Å². The number of methoxy groups -OCH3 is 1. The molecule has 6 heteroatoms. The van der Waals surface area contributed by atoms with Crippen LogP contribution in [0.15, 0.2) is 30.4 Å². The third-order valence-electron chi connectivity index (χ3n) is 2.08. The fraction of sp³-hybridized carbons (Fsp3) is 0.231. The molecule has 0 atom stereocenters. The predicted molar refractivity (Wildman–Crippen MR) is 72.4 cm³/mol. The lowest BCUT2D eigenvalue weighted by Gasteiger charge is -2.10. The summed E-state index contributed by atoms with van der Waals surface area (Å²) >= 11 is 5.82. The molecule has 0 aliphatic heterocycles. The molecule has 0 aliphatic carbocycles. The van der Waals surface area contributed by atoms with Gasteiger partial charge in [0.25, 0.3) is 5.91 Å². The summed E-state index contributed by atoms with van der Waals surface area (Å²) in [7, 11) is 1.48. The second-order valence-electron chi connectivity index (χ2n) is 3.50. The highest BCUT2D eigenvalue weighted by molar-refractivity contribution is 6.31. The lowest BCUT2D eigenvalue weighted by atomic mass is 10.3. The Bertz CT molecular complexity index is 499. The summed E-state index contributed by atoms with van der Waals surface area (Å²) in [6.07, 6.45) is 2.76. The van der Waals surface area contributed by atoms with Crippen LogP contribution in [0.2, 0.25) is 5.02 Å². The van der Waals surface area contributed by atoms with Crippen LogP contribution in [-0.2, 0) is 14.3 Å². The molecule has 0 spiro atoms. The second kappa shape index (κ2) is 7.43. The molecule has 102 valence electrons. The molecule has 0 bridgehead atoms. The number of allylic oxidation sites excluding steroid dienone is 1. The van der Waals surface area contributed by atoms with E-state index in [1.54, 1.807) is 25.1 Å². The Kier molecular flexibility index (Phi) is 5.89. The van der Waals surface area contributed by atoms with Crippen LogP contribution in [-0.4, -0.2) is 25.6 Å². The van der Waals surface area contributed by atoms with Crippen molar-refractivity contribution in [3.63, 3.8) is 0 Å². The highest BCUT2D eigenvalue weighted by Gasteiger charge is 2.09. The van der Waals surface area contributed by atoms with Crippen LogP contribution < -0.4 is 10.1 Å². The number of anilines is 1. The molecule has 1 aromatic carbocycles. The smallest absolute Gasteiger partial charge is 0.330 e. The van der Waals surface area contributed by atoms with E-state index in [-0.39, 0.29) is 6.61 Å². The van der Waals surface area contributed by atoms with Crippen molar-refractivity contribution >= 4 is 29.2 Å². The first kappa shape index (κ1) is 15.0. The predicted octanol–water partition coefficient (Wildman–Crippen LogP) is 2.41. The molecule has 1 aromatic rings. The summed E-state index contributed by atoms with van der Waals surface area (Å²) in [6.45, 7) is 1.30. The topological polar surface area (TPSA) is 64.6 Å². The first-order valence-corrected chi connectivity index (χ1v) is 5.87. The zero-order valence-corrected chi connectivity index (χ0v) is 11.4. The Labute approximate surface area is 116 Å². The van der Waals surface area contributed by atoms with E-state index >= 15 is 0 Å². The average Bonchev–Trinajstić information content (AvgIpc) is 2.37. The number of hydrogen-bond acceptors (Lipinski definition) is 4. The zero-order valence-electron chi connectivity index (χ0n) is 10.6. The van der Waals surface area contributed by atoms with Crippen molar-refractivity contribution in [1.82, 2.24) is 0 Å². The lowest BCUT2D eigenvalue weighted by molar-refractivity contribution is -0.142. The fourth-order valence-corrected chi connectivity index (χ4v) is 1.46. The van der Waals surface area contributed by atoms with Crippen molar-refractivity contribution in [2.24, 2.45) is 0 Å². The molecule has 1 amide bonds. The minimum Gasteiger partial charge on any atom is -0.495 e. The largest absolute Gasteiger partial charge is 0.495 e. The van der Waals surface area contributed by atoms with Gasteiger partial charge in [-0.1, -0.05) is 17.7 Å². The molecular formula is C13H14ClNO4. The van der Waals surface area contributed by atoms with Gasteiger partial charge in [0.15, 0.2) is 6.61 Å². The van der Waals surface area contributed by atoms with Gasteiger partial charge in [-0.15, -0.1) is 0 Å². The number of benzene rings is 1. The van der Waals surface area contributed by atoms with E-state index in [0.717, 1.165) is 0 Å². The molecule has 0 heterocycles. The zero-order chi connectivity index (χ0) is 14.3. The second-order valence-corrected chi connectivity index (χ2v) is 3.94. The first-order chi connectivity index (χ1) is 9.06. The Morgan fingerprint density at radius 3 is 2.79 bits per heavy atom. The molecular weight excluding hydrogens is 270 g/mol. The number of carbonyl (C=O) groups is 2. The van der Waals surface area contributed by atoms with E-state index < -0.39 is 11.9 Å². The molecule has 0 aromatic heterocycles. The van der Waals surface area contributed by atoms with Gasteiger partial charge in [0.1, 0.15) is 5.75 Å². The lowest BCUT2D eigenvalue weighted by Crippen LogP contribution is -2.20. The highest BCUT2D eigenvalue weighted by Crippen LogP contribution is 2.27. The number of ether oxygens (including phenoxy) is 2. The molecule has 0 saturated heterocycles. The normalized spacial score (nSPS) is 10.3. The summed E-state index contributed by atoms with van der Waals surface area (Å²) in [5, 5.41) is 3.01. The van der Waals surface area contributed by atoms with Crippen molar-refractivity contribution in [3.05, 3.63) is 35.4 Å². The summed E-state index contributed by atoms with van der Waals surface area (Å²) in [6, 6.07) is 4.82. The van der Waals surface area contributed by atoms with Crippen molar-refractivity contribution in [2.45, 2.75) is 6.92 Å². The van der Waals surface area contributed by atoms with E-state index in [9.17, 15) is 9.59 Å². The monoisotopic (exact) mass is 283 g/mol. The molecule has 0 radical (unpaired) electrons. The first-order valence-electron chi connectivity index (χ1n) is 5.49. The van der Waals surface area contributed by atoms with Crippen LogP contribution in [0.25, 0.3) is 0 Å². The summed E-state index contributed by atoms with van der Waals surface area (Å²) < 4.78 is 9.78. The Balaban J connectivity index is 2.61. The van der Waals surface area contributed by atoms with Gasteiger partial charge in [0.05, 0.1) is 12.8 Å². The SMILES string of the molecule is CC=CC(=O)OCC(=O)Nc1cc(Cl)ccc1OC. The van der Waals surface area contributed by atoms with Crippen LogP contribution in [0.3, 0.4) is 0 Å². The van der Waals surface area contributed by atoms with Gasteiger partial charge in [-0.25, -0.2) is 4.79 Å². The molecule has 1 N–H and O–H groups in total. The van der Waals surface area contributed by atoms with Gasteiger partial charge < -0.3 is 14.8 Å². The molecule has 19 heavy (non-hydrogen) atoms. The van der Waals surface area contributed by atoms with Crippen LogP contribution in [0.1, 0.15) is 6.92 Å². The highest BCUT2D eigenvalue weighted by atomic mass is 35.5. The summed E-state index contributed by atoms with van der Waals surface area (Å²) in [5.74, 6) is -0.577. The van der Waals surface area contributed by atoms with Gasteiger partial charge in [-0.3, -0.25) is 4.79 Å². The Morgan fingerprint density at radius 1 is 1.42 bits per heavy atom. The number of nitrogens with one attached hydrogen (secondary N) is 1. The third-order valence-corrected chi connectivity index (χ3v) is 2.32. The molecule has 0 fully saturated rings. The minimum atomic E-state index is -0.573. The van der Waals surface area contributed by atoms with E-state index in [2.05, 4.69) is 5.32 Å². The number of halogens is 1. The van der Waals surface area contributed by atoms with Crippen molar-refractivity contribution < 1.29 is 19.1 Å². The average molecular weight is 284 g/mol. The van der Waals surface area contributed by atoms with Crippen molar-refractivity contribution in [3.8, 4) is 5.75 Å². The molecule has 1 rings (SSSR count). The van der Waals surface area contributed by atoms with E-state index in [4.69, 9.17) is 21.1 Å². The van der Waals surface area contributed by atoms with Crippen molar-refractivity contribution in [1.29, 1.82) is 0 Å². The Hall–Kier alpha value is -2.01. The maximum Gasteiger partial charge on any atom is 0.330 e. The molecule has 0 aliphatic rings. The summed E-state index contributed by atoms with van der Waals surface area (Å²) in [5.41, 5.74) is 0.419. The summed E-state index contributed by atoms with van der Waals surface area (Å²) in [4.78, 5) is 22.6. The number of amides is 1. The number of esters is 1. The number of rotatable bonds is 5. The molecule has 5 nitrogen and oxygen atoms in total. The maximum atomic E-state index is 11.6. The van der Waals surface area contributed by atoms with E-state index in [1.165, 1.54) is 19.3 Å². The standard InChI is InChI=1S/C13H14ClNO4/c1-3-4-13(17)19-8-12(16)15-10-7-9(14)5-6-11(10)18-2/h3-7H,8H2,1-2H3,(H,15,16). The third kappa shape index (κ3) is 5.01. The quantitative estimate of drug-likeness (QED) is 0.666. The van der Waals surface area contributed by atoms with Gasteiger partial charge >= 0.3 is 5.97 Å². The fourth-order valence-electron chi connectivity index (χ4n) is 1.29. The van der Waals surface area contributed by atoms with Crippen LogP contribution in [0, 0.1) is 0 Å². The molecule has 0 saturated carbocycles. The van der Waals surface area contributed by atoms with Crippen molar-refractivity contribution in [2.75, 3.05) is 19.0 Å². The minimum absolute atomic E-state index is 0.376. The van der Waals surface area contributed by atoms with Gasteiger partial charge in [0, 0.05) is 11.1 Å². The van der Waals surface area contributed by atoms with Crippen LogP contribution in [0.4, 0.5) is 5.69 Å². The molecule has 0 unspecified atom stereocenters. The number of hydrogen-bond donors (Lipinski definition) is 1. The Morgan fingerprint density at radius 2 is 2.16 bits per heavy atom. The maximum absolute atomic E-state index is 11.6. The van der Waals surface area contributed by atoms with Gasteiger partial charge in [0.2, 0.25) is 0 Å².